The van der Waals surface area contributed by atoms with Gasteiger partial charge in [-0.25, -0.2) is 14.6 Å². The Hall–Kier alpha value is -3.92. The molecule has 6 rings (SSSR count). The summed E-state index contributed by atoms with van der Waals surface area (Å²) in [6.45, 7) is 0.680. The Balaban J connectivity index is 1.21. The Morgan fingerprint density at radius 1 is 1.16 bits per heavy atom. The van der Waals surface area contributed by atoms with E-state index in [1.165, 1.54) is 0 Å². The first-order chi connectivity index (χ1) is 20.7. The molecule has 228 valence electrons. The molecule has 1 amide bonds. The van der Waals surface area contributed by atoms with E-state index in [0.29, 0.717) is 17.9 Å². The van der Waals surface area contributed by atoms with Crippen LogP contribution in [0, 0.1) is 0 Å². The lowest BCUT2D eigenvalue weighted by Crippen LogP contribution is -2.59. The molecule has 0 unspecified atom stereocenters. The molecule has 3 aliphatic heterocycles. The number of pyridine rings is 2. The third-order valence-corrected chi connectivity index (χ3v) is 8.15. The van der Waals surface area contributed by atoms with Crippen molar-refractivity contribution in [3.8, 4) is 11.4 Å². The smallest absolute Gasteiger partial charge is 0.408 e. The molecular formula is C29H31N3O11. The van der Waals surface area contributed by atoms with Crippen molar-refractivity contribution in [2.24, 2.45) is 0 Å². The van der Waals surface area contributed by atoms with Crippen LogP contribution in [0.15, 0.2) is 41.2 Å². The molecule has 0 saturated carbocycles. The van der Waals surface area contributed by atoms with Crippen molar-refractivity contribution in [1.29, 1.82) is 0 Å². The number of carbonyl (C=O) groups excluding carboxylic acids is 2. The molecule has 0 spiro atoms. The normalized spacial score (nSPS) is 27.7. The number of aromatic nitrogens is 2. The molecule has 5 N–H and O–H groups in total. The van der Waals surface area contributed by atoms with Crippen LogP contribution in [0.2, 0.25) is 0 Å². The first-order valence-corrected chi connectivity index (χ1v) is 13.9. The SMILES string of the molecule is CC[C@@]1(OC(=O)NCCO[C@@H]2O[C@H](CO)[C@@H](O)[C@H](O)[C@@H]2O)C(=O)OCc2c1cc1n(c2=O)Cc2cc3ccccc3nc2-1. The van der Waals surface area contributed by atoms with Crippen LogP contribution in [0.25, 0.3) is 22.3 Å². The Labute approximate surface area is 244 Å². The zero-order valence-electron chi connectivity index (χ0n) is 23.1. The summed E-state index contributed by atoms with van der Waals surface area (Å²) in [6, 6.07) is 11.2. The van der Waals surface area contributed by atoms with Crippen LogP contribution < -0.4 is 10.9 Å². The van der Waals surface area contributed by atoms with Gasteiger partial charge in [0.1, 0.15) is 31.0 Å². The van der Waals surface area contributed by atoms with Gasteiger partial charge in [0, 0.05) is 23.1 Å². The fraction of sp³-hybridized carbons (Fsp3) is 0.448. The minimum atomic E-state index is -1.90. The van der Waals surface area contributed by atoms with Crippen molar-refractivity contribution in [3.05, 3.63) is 63.4 Å². The second-order valence-electron chi connectivity index (χ2n) is 10.6. The summed E-state index contributed by atoms with van der Waals surface area (Å²) in [7, 11) is 0. The van der Waals surface area contributed by atoms with Gasteiger partial charge in [-0.1, -0.05) is 25.1 Å². The molecule has 1 saturated heterocycles. The van der Waals surface area contributed by atoms with Crippen LogP contribution >= 0.6 is 0 Å². The quantitative estimate of drug-likeness (QED) is 0.137. The molecule has 14 nitrogen and oxygen atoms in total. The van der Waals surface area contributed by atoms with E-state index in [1.54, 1.807) is 17.6 Å². The number of carbonyl (C=O) groups is 2. The van der Waals surface area contributed by atoms with Gasteiger partial charge in [0.05, 0.1) is 42.2 Å². The number of fused-ring (bicyclic) bond motifs is 5. The van der Waals surface area contributed by atoms with E-state index < -0.39 is 55.0 Å². The highest BCUT2D eigenvalue weighted by Gasteiger charge is 2.50. The molecule has 2 aromatic heterocycles. The lowest BCUT2D eigenvalue weighted by Gasteiger charge is -2.39. The fourth-order valence-electron chi connectivity index (χ4n) is 5.81. The number of nitrogens with zero attached hydrogens (tertiary/aromatic N) is 2. The van der Waals surface area contributed by atoms with E-state index in [9.17, 15) is 34.8 Å². The number of nitrogens with one attached hydrogen (secondary N) is 1. The number of benzene rings is 1. The van der Waals surface area contributed by atoms with E-state index in [2.05, 4.69) is 5.32 Å². The number of amides is 1. The molecule has 1 fully saturated rings. The molecule has 43 heavy (non-hydrogen) atoms. The molecule has 0 bridgehead atoms. The second-order valence-corrected chi connectivity index (χ2v) is 10.6. The minimum absolute atomic E-state index is 0.0193. The van der Waals surface area contributed by atoms with Crippen molar-refractivity contribution in [1.82, 2.24) is 14.9 Å². The summed E-state index contributed by atoms with van der Waals surface area (Å²) in [5.41, 5.74) is 0.903. The van der Waals surface area contributed by atoms with Gasteiger partial charge in [-0.3, -0.25) is 4.79 Å². The fourth-order valence-corrected chi connectivity index (χ4v) is 5.81. The van der Waals surface area contributed by atoms with E-state index in [0.717, 1.165) is 16.5 Å². The van der Waals surface area contributed by atoms with Crippen molar-refractivity contribution < 1.29 is 49.0 Å². The summed E-state index contributed by atoms with van der Waals surface area (Å²) in [4.78, 5) is 44.5. The third kappa shape index (κ3) is 4.85. The van der Waals surface area contributed by atoms with E-state index in [1.807, 2.05) is 30.3 Å². The van der Waals surface area contributed by atoms with Gasteiger partial charge in [0.2, 0.25) is 5.60 Å². The summed E-state index contributed by atoms with van der Waals surface area (Å²) in [6.07, 6.45) is -8.27. The molecule has 0 aliphatic carbocycles. The largest absolute Gasteiger partial charge is 0.457 e. The number of para-hydroxylation sites is 1. The number of aliphatic hydroxyl groups is 4. The number of rotatable bonds is 7. The van der Waals surface area contributed by atoms with Crippen LogP contribution in [-0.4, -0.2) is 92.5 Å². The molecule has 5 heterocycles. The van der Waals surface area contributed by atoms with Gasteiger partial charge in [-0.05, 0) is 24.6 Å². The predicted molar refractivity (Wildman–Crippen MR) is 147 cm³/mol. The number of hydrogen-bond donors (Lipinski definition) is 5. The molecule has 6 atom stereocenters. The number of esters is 1. The van der Waals surface area contributed by atoms with Gasteiger partial charge in [-0.2, -0.15) is 0 Å². The van der Waals surface area contributed by atoms with Crippen molar-refractivity contribution >= 4 is 23.0 Å². The van der Waals surface area contributed by atoms with Crippen molar-refractivity contribution in [2.45, 2.75) is 62.8 Å². The summed E-state index contributed by atoms with van der Waals surface area (Å²) < 4.78 is 23.2. The van der Waals surface area contributed by atoms with Crippen LogP contribution in [-0.2, 0) is 42.5 Å². The lowest BCUT2D eigenvalue weighted by atomic mass is 9.85. The predicted octanol–water partition coefficient (Wildman–Crippen LogP) is -0.370. The summed E-state index contributed by atoms with van der Waals surface area (Å²) in [5.74, 6) is -0.816. The maximum atomic E-state index is 13.6. The van der Waals surface area contributed by atoms with Crippen LogP contribution in [0.3, 0.4) is 0 Å². The first kappa shape index (κ1) is 29.2. The van der Waals surface area contributed by atoms with E-state index in [-0.39, 0.29) is 42.9 Å². The maximum Gasteiger partial charge on any atom is 0.408 e. The Kier molecular flexibility index (Phi) is 7.66. The maximum absolute atomic E-state index is 13.6. The number of alkyl carbamates (subject to hydrolysis) is 1. The summed E-state index contributed by atoms with van der Waals surface area (Å²) in [5, 5.41) is 42.6. The van der Waals surface area contributed by atoms with Crippen LogP contribution in [0.5, 0.6) is 0 Å². The van der Waals surface area contributed by atoms with E-state index >= 15 is 0 Å². The zero-order valence-corrected chi connectivity index (χ0v) is 23.1. The number of hydrogen-bond acceptors (Lipinski definition) is 12. The minimum Gasteiger partial charge on any atom is -0.457 e. The van der Waals surface area contributed by atoms with E-state index in [4.69, 9.17) is 23.9 Å². The van der Waals surface area contributed by atoms with Gasteiger partial charge in [0.25, 0.3) is 5.56 Å². The Bertz CT molecular complexity index is 1640. The lowest BCUT2D eigenvalue weighted by molar-refractivity contribution is -0.300. The number of ether oxygens (including phenoxy) is 4. The summed E-state index contributed by atoms with van der Waals surface area (Å²) >= 11 is 0. The van der Waals surface area contributed by atoms with Gasteiger partial charge < -0.3 is 49.3 Å². The number of aliphatic hydroxyl groups excluding tert-OH is 4. The highest BCUT2D eigenvalue weighted by atomic mass is 16.7. The molecule has 3 aliphatic rings. The highest BCUT2D eigenvalue weighted by molar-refractivity contribution is 5.88. The monoisotopic (exact) mass is 597 g/mol. The zero-order chi connectivity index (χ0) is 30.5. The average molecular weight is 598 g/mol. The molecule has 0 radical (unpaired) electrons. The highest BCUT2D eigenvalue weighted by Crippen LogP contribution is 2.41. The van der Waals surface area contributed by atoms with Crippen LogP contribution in [0.1, 0.15) is 30.0 Å². The molecule has 14 heteroatoms. The molecular weight excluding hydrogens is 566 g/mol. The Morgan fingerprint density at radius 3 is 2.72 bits per heavy atom. The first-order valence-electron chi connectivity index (χ1n) is 13.9. The van der Waals surface area contributed by atoms with Crippen LogP contribution in [0.4, 0.5) is 4.79 Å². The van der Waals surface area contributed by atoms with Crippen molar-refractivity contribution in [3.63, 3.8) is 0 Å². The standard InChI is InChI=1S/C29H31N3O11/c1-2-29(43-28(39)30-7-8-40-26-24(36)23(35)22(34)20(12-33)42-26)17-10-19-21-15(9-14-5-3-4-6-18(14)31-21)11-32(19)25(37)16(17)13-41-27(29)38/h3-6,9-10,20,22-24,26,33-36H,2,7-8,11-13H2,1H3,(H,30,39)/t20-,22-,23+,24+,26-,29+/m1/s1. The van der Waals surface area contributed by atoms with Gasteiger partial charge in [-0.15, -0.1) is 0 Å². The van der Waals surface area contributed by atoms with Gasteiger partial charge in [0.15, 0.2) is 6.29 Å². The topological polar surface area (TPSA) is 199 Å². The number of cyclic esters (lactones) is 1. The Morgan fingerprint density at radius 2 is 1.95 bits per heavy atom. The molecule has 1 aromatic carbocycles. The third-order valence-electron chi connectivity index (χ3n) is 8.15. The average Bonchev–Trinajstić information content (AvgIpc) is 3.37. The van der Waals surface area contributed by atoms with Gasteiger partial charge >= 0.3 is 12.1 Å². The van der Waals surface area contributed by atoms with Crippen molar-refractivity contribution in [2.75, 3.05) is 19.8 Å². The molecule has 3 aromatic rings. The second kappa shape index (κ2) is 11.3.